The Bertz CT molecular complexity index is 1440. The number of hydrogen-bond acceptors (Lipinski definition) is 4. The second-order valence-corrected chi connectivity index (χ2v) is 8.50. The summed E-state index contributed by atoms with van der Waals surface area (Å²) in [7, 11) is 3.47. The first kappa shape index (κ1) is 24.5. The van der Waals surface area contributed by atoms with Crippen molar-refractivity contribution in [2.45, 2.75) is 13.8 Å². The highest BCUT2D eigenvalue weighted by Gasteiger charge is 2.18. The maximum absolute atomic E-state index is 13.0. The van der Waals surface area contributed by atoms with Gasteiger partial charge in [0, 0.05) is 25.3 Å². The lowest BCUT2D eigenvalue weighted by Gasteiger charge is -2.18. The first-order chi connectivity index (χ1) is 17.3. The summed E-state index contributed by atoms with van der Waals surface area (Å²) in [5.41, 5.74) is 3.60. The molecule has 0 saturated carbocycles. The van der Waals surface area contributed by atoms with E-state index in [0.29, 0.717) is 28.4 Å². The number of nitrogens with zero attached hydrogens (tertiary/aromatic N) is 3. The summed E-state index contributed by atoms with van der Waals surface area (Å²) in [6.45, 7) is 3.47. The van der Waals surface area contributed by atoms with Gasteiger partial charge in [-0.25, -0.2) is 4.68 Å². The molecule has 2 amide bonds. The van der Waals surface area contributed by atoms with E-state index in [0.717, 1.165) is 5.56 Å². The Labute approximate surface area is 209 Å². The van der Waals surface area contributed by atoms with Crippen molar-refractivity contribution in [3.05, 3.63) is 106 Å². The minimum atomic E-state index is -0.447. The number of carbonyl (C=O) groups is 2. The van der Waals surface area contributed by atoms with Crippen molar-refractivity contribution >= 4 is 23.2 Å². The number of benzene rings is 3. The van der Waals surface area contributed by atoms with Crippen molar-refractivity contribution in [2.75, 3.05) is 23.9 Å². The van der Waals surface area contributed by atoms with Gasteiger partial charge in [-0.05, 0) is 62.4 Å². The predicted octanol–water partition coefficient (Wildman–Crippen LogP) is 4.09. The van der Waals surface area contributed by atoms with E-state index in [-0.39, 0.29) is 23.8 Å². The first-order valence-electron chi connectivity index (χ1n) is 11.5. The number of aromatic nitrogens is 2. The predicted molar refractivity (Wildman–Crippen MR) is 140 cm³/mol. The van der Waals surface area contributed by atoms with Crippen LogP contribution in [0.4, 0.5) is 11.4 Å². The number of amides is 2. The van der Waals surface area contributed by atoms with Crippen LogP contribution in [0.15, 0.2) is 83.7 Å². The van der Waals surface area contributed by atoms with Crippen LogP contribution < -0.4 is 20.5 Å². The quantitative estimate of drug-likeness (QED) is 0.428. The third-order valence-corrected chi connectivity index (χ3v) is 6.02. The smallest absolute Gasteiger partial charge is 0.295 e. The van der Waals surface area contributed by atoms with Gasteiger partial charge in [0.05, 0.1) is 11.4 Å². The highest BCUT2D eigenvalue weighted by atomic mass is 16.5. The van der Waals surface area contributed by atoms with Crippen molar-refractivity contribution < 1.29 is 14.3 Å². The summed E-state index contributed by atoms with van der Waals surface area (Å²) in [6, 6.07) is 23.5. The molecule has 0 aliphatic carbocycles. The topological polar surface area (TPSA) is 85.6 Å². The molecule has 4 aromatic rings. The van der Waals surface area contributed by atoms with Gasteiger partial charge in [-0.1, -0.05) is 35.9 Å². The molecule has 0 aliphatic rings. The standard InChI is InChI=1S/C28H28N4O4/c1-19-10-12-21(13-11-19)27(34)30(3)22-14-16-24(17-15-22)36-18-25(33)29-26-20(2)31(4)32(28(26)35)23-8-6-5-7-9-23/h5-17H,18H2,1-4H3,(H,29,33). The van der Waals surface area contributed by atoms with Crippen LogP contribution in [0.2, 0.25) is 0 Å². The highest BCUT2D eigenvalue weighted by Crippen LogP contribution is 2.21. The summed E-state index contributed by atoms with van der Waals surface area (Å²) < 4.78 is 8.80. The lowest BCUT2D eigenvalue weighted by atomic mass is 10.1. The Morgan fingerprint density at radius 1 is 0.917 bits per heavy atom. The zero-order valence-electron chi connectivity index (χ0n) is 20.7. The molecule has 184 valence electrons. The number of aryl methyl sites for hydroxylation is 1. The van der Waals surface area contributed by atoms with Gasteiger partial charge in [0.2, 0.25) is 0 Å². The molecule has 3 aromatic carbocycles. The molecule has 36 heavy (non-hydrogen) atoms. The van der Waals surface area contributed by atoms with E-state index in [1.54, 1.807) is 67.0 Å². The Kier molecular flexibility index (Phi) is 7.05. The van der Waals surface area contributed by atoms with Crippen LogP contribution in [0, 0.1) is 13.8 Å². The van der Waals surface area contributed by atoms with E-state index in [1.165, 1.54) is 4.68 Å². The van der Waals surface area contributed by atoms with Crippen molar-refractivity contribution in [1.29, 1.82) is 0 Å². The molecular weight excluding hydrogens is 456 g/mol. The average molecular weight is 485 g/mol. The van der Waals surface area contributed by atoms with Gasteiger partial charge in [0.1, 0.15) is 11.4 Å². The summed E-state index contributed by atoms with van der Waals surface area (Å²) in [4.78, 5) is 39.8. The van der Waals surface area contributed by atoms with E-state index in [2.05, 4.69) is 5.32 Å². The van der Waals surface area contributed by atoms with Crippen LogP contribution in [-0.4, -0.2) is 34.8 Å². The number of nitrogens with one attached hydrogen (secondary N) is 1. The van der Waals surface area contributed by atoms with Crippen LogP contribution >= 0.6 is 0 Å². The largest absolute Gasteiger partial charge is 0.484 e. The van der Waals surface area contributed by atoms with E-state index in [9.17, 15) is 14.4 Å². The third kappa shape index (κ3) is 5.07. The second kappa shape index (κ2) is 10.4. The van der Waals surface area contributed by atoms with Crippen molar-refractivity contribution in [3.63, 3.8) is 0 Å². The molecular formula is C28H28N4O4. The summed E-state index contributed by atoms with van der Waals surface area (Å²) in [6.07, 6.45) is 0. The number of carbonyl (C=O) groups excluding carboxylic acids is 2. The number of anilines is 2. The van der Waals surface area contributed by atoms with E-state index in [4.69, 9.17) is 4.74 Å². The number of hydrogen-bond donors (Lipinski definition) is 1. The zero-order chi connectivity index (χ0) is 25.8. The van der Waals surface area contributed by atoms with E-state index >= 15 is 0 Å². The minimum absolute atomic E-state index is 0.123. The van der Waals surface area contributed by atoms with Gasteiger partial charge in [-0.3, -0.25) is 19.1 Å². The fourth-order valence-electron chi connectivity index (χ4n) is 3.81. The maximum atomic E-state index is 13.0. The summed E-state index contributed by atoms with van der Waals surface area (Å²) >= 11 is 0. The lowest BCUT2D eigenvalue weighted by molar-refractivity contribution is -0.118. The van der Waals surface area contributed by atoms with E-state index in [1.807, 2.05) is 49.4 Å². The molecule has 0 spiro atoms. The molecule has 1 N–H and O–H groups in total. The molecule has 0 bridgehead atoms. The van der Waals surface area contributed by atoms with Gasteiger partial charge in [0.25, 0.3) is 17.4 Å². The summed E-state index contributed by atoms with van der Waals surface area (Å²) in [5, 5.41) is 2.68. The molecule has 1 heterocycles. The third-order valence-electron chi connectivity index (χ3n) is 6.02. The minimum Gasteiger partial charge on any atom is -0.484 e. The average Bonchev–Trinajstić information content (AvgIpc) is 3.10. The molecule has 0 atom stereocenters. The highest BCUT2D eigenvalue weighted by molar-refractivity contribution is 6.05. The number of ether oxygens (including phenoxy) is 1. The molecule has 0 radical (unpaired) electrons. The molecule has 0 fully saturated rings. The van der Waals surface area contributed by atoms with Gasteiger partial charge >= 0.3 is 0 Å². The Balaban J connectivity index is 1.39. The SMILES string of the molecule is Cc1ccc(C(=O)N(C)c2ccc(OCC(=O)Nc3c(C)n(C)n(-c4ccccc4)c3=O)cc2)cc1. The maximum Gasteiger partial charge on any atom is 0.295 e. The molecule has 0 saturated heterocycles. The summed E-state index contributed by atoms with van der Waals surface area (Å²) in [5.74, 6) is -0.101. The Morgan fingerprint density at radius 3 is 2.19 bits per heavy atom. The van der Waals surface area contributed by atoms with Gasteiger partial charge in [0.15, 0.2) is 6.61 Å². The molecule has 4 rings (SSSR count). The number of para-hydroxylation sites is 1. The van der Waals surface area contributed by atoms with E-state index < -0.39 is 5.91 Å². The van der Waals surface area contributed by atoms with Crippen LogP contribution in [0.5, 0.6) is 5.75 Å². The molecule has 8 nitrogen and oxygen atoms in total. The van der Waals surface area contributed by atoms with Crippen LogP contribution in [0.3, 0.4) is 0 Å². The van der Waals surface area contributed by atoms with Crippen LogP contribution in [-0.2, 0) is 11.8 Å². The molecule has 0 aliphatic heterocycles. The second-order valence-electron chi connectivity index (χ2n) is 8.50. The Morgan fingerprint density at radius 2 is 1.56 bits per heavy atom. The van der Waals surface area contributed by atoms with Gasteiger partial charge < -0.3 is 15.0 Å². The Hall–Kier alpha value is -4.59. The fraction of sp³-hybridized carbons (Fsp3) is 0.179. The molecule has 0 unspecified atom stereocenters. The van der Waals surface area contributed by atoms with Crippen molar-refractivity contribution in [1.82, 2.24) is 9.36 Å². The molecule has 8 heteroatoms. The van der Waals surface area contributed by atoms with Gasteiger partial charge in [-0.2, -0.15) is 0 Å². The fourth-order valence-corrected chi connectivity index (χ4v) is 3.81. The normalized spacial score (nSPS) is 10.7. The van der Waals surface area contributed by atoms with Crippen LogP contribution in [0.1, 0.15) is 21.6 Å². The molecule has 1 aromatic heterocycles. The van der Waals surface area contributed by atoms with Gasteiger partial charge in [-0.15, -0.1) is 0 Å². The van der Waals surface area contributed by atoms with Crippen molar-refractivity contribution in [2.24, 2.45) is 7.05 Å². The van der Waals surface area contributed by atoms with Crippen molar-refractivity contribution in [3.8, 4) is 11.4 Å². The number of rotatable bonds is 7. The first-order valence-corrected chi connectivity index (χ1v) is 11.5. The zero-order valence-corrected chi connectivity index (χ0v) is 20.7. The lowest BCUT2D eigenvalue weighted by Crippen LogP contribution is -2.26. The monoisotopic (exact) mass is 484 g/mol. The van der Waals surface area contributed by atoms with Crippen LogP contribution in [0.25, 0.3) is 5.69 Å².